The molecule has 0 saturated carbocycles. The zero-order chi connectivity index (χ0) is 0. The van der Waals surface area contributed by atoms with Crippen molar-refractivity contribution in [1.82, 2.24) is 0 Å². The van der Waals surface area contributed by atoms with E-state index in [4.69, 9.17) is 0 Å². The first-order chi connectivity index (χ1) is 0. The molecule has 6 heteroatoms. The molecule has 0 rings (SSSR count). The molecule has 0 amide bonds. The fraction of sp³-hybridized carbons (Fsp3) is 0. The van der Waals surface area contributed by atoms with Gasteiger partial charge in [-0.1, -0.05) is 0 Å². The van der Waals surface area contributed by atoms with Gasteiger partial charge >= 0.3 is 59.1 Å². The van der Waals surface area contributed by atoms with Crippen LogP contribution in [-0.2, 0) is 0 Å². The van der Waals surface area contributed by atoms with Gasteiger partial charge in [-0.2, -0.15) is 0 Å². The molecule has 0 unspecified atom stereocenters. The molecular weight excluding hydrogens is 554 g/mol. The predicted octanol–water partition coefficient (Wildman–Crippen LogP) is -18.5. The second kappa shape index (κ2) is 32.6. The molecule has 0 fully saturated rings. The number of hydrogen-bond acceptors (Lipinski definition) is 0. The van der Waals surface area contributed by atoms with E-state index in [9.17, 15) is 0 Å². The summed E-state index contributed by atoms with van der Waals surface area (Å²) in [4.78, 5) is 0. The van der Waals surface area contributed by atoms with Crippen LogP contribution < -0.4 is 155 Å². The van der Waals surface area contributed by atoms with Crippen LogP contribution in [0.2, 0.25) is 0 Å². The second-order valence-corrected chi connectivity index (χ2v) is 0. The zero-order valence-corrected chi connectivity index (χ0v) is 16.6. The van der Waals surface area contributed by atoms with Crippen molar-refractivity contribution < 1.29 is 155 Å². The van der Waals surface area contributed by atoms with Crippen molar-refractivity contribution in [2.75, 3.05) is 0 Å². The summed E-state index contributed by atoms with van der Waals surface area (Å²) in [7, 11) is 0. The maximum atomic E-state index is 0. The maximum Gasteiger partial charge on any atom is 1.00 e. The summed E-state index contributed by atoms with van der Waals surface area (Å²) in [5.74, 6) is 0. The topological polar surface area (TPSA) is 0 Å². The van der Waals surface area contributed by atoms with Crippen molar-refractivity contribution in [2.24, 2.45) is 0 Å². The van der Waals surface area contributed by atoms with Crippen molar-refractivity contribution in [3.63, 3.8) is 0 Å². The first kappa shape index (κ1) is 44.4. The molecule has 0 aliphatic rings. The molecule has 0 aromatic heterocycles. The van der Waals surface area contributed by atoms with Crippen molar-refractivity contribution in [2.45, 2.75) is 0 Å². The Morgan fingerprint density at radius 1 is 0.500 bits per heavy atom. The molecule has 0 aliphatic carbocycles. The summed E-state index contributed by atoms with van der Waals surface area (Å²) in [6, 6.07) is 0. The van der Waals surface area contributed by atoms with Gasteiger partial charge < -0.3 is 71.9 Å². The third-order valence-electron chi connectivity index (χ3n) is 0. The van der Waals surface area contributed by atoms with E-state index in [0.29, 0.717) is 0 Å². The van der Waals surface area contributed by atoms with Gasteiger partial charge in [0.05, 0.1) is 0 Å². The molecule has 0 heterocycles. The summed E-state index contributed by atoms with van der Waals surface area (Å²) in [5, 5.41) is 0. The number of hydrogen-bond donors (Lipinski definition) is 0. The summed E-state index contributed by atoms with van der Waals surface area (Å²) in [6.07, 6.45) is 0. The Kier molecular flexibility index (Phi) is 241. The van der Waals surface area contributed by atoms with Crippen LogP contribution in [-0.4, -0.2) is 0 Å². The van der Waals surface area contributed by atoms with Crippen LogP contribution >= 0.6 is 0 Å². The van der Waals surface area contributed by atoms with E-state index in [1.165, 1.54) is 0 Å². The Hall–Kier alpha value is 4.92. The minimum absolute atomic E-state index is 0. The normalized spacial score (nSPS) is 0. The standard InChI is InChI=1S/H2I.3HI.2Na/h1H2;3*1H;;/q+1;;;;2*+1/p-3. The van der Waals surface area contributed by atoms with Gasteiger partial charge in [0.2, 0.25) is 24.0 Å². The molecule has 0 aromatic rings. The van der Waals surface area contributed by atoms with Crippen molar-refractivity contribution in [1.29, 1.82) is 0 Å². The number of halogens is 4. The van der Waals surface area contributed by atoms with Crippen LogP contribution in [0, 0.1) is 0 Å². The van der Waals surface area contributed by atoms with Crippen LogP contribution in [0.5, 0.6) is 0 Å². The van der Waals surface area contributed by atoms with Crippen LogP contribution in [0.15, 0.2) is 0 Å². The Bertz CT molecular complexity index is 5.51. The third-order valence-corrected chi connectivity index (χ3v) is 0. The van der Waals surface area contributed by atoms with Crippen LogP contribution in [0.25, 0.3) is 0 Å². The van der Waals surface area contributed by atoms with E-state index < -0.39 is 0 Å². The minimum atomic E-state index is 0. The van der Waals surface area contributed by atoms with E-state index >= 15 is 0 Å². The fourth-order valence-electron chi connectivity index (χ4n) is 0. The monoisotopic (exact) mass is 556 g/mol. The summed E-state index contributed by atoms with van der Waals surface area (Å²) in [5.41, 5.74) is 0. The summed E-state index contributed by atoms with van der Waals surface area (Å²) < 4.78 is 0. The SMILES string of the molecule is [I-].[I-].[I-].[IH2+].[Na+].[Na+]. The van der Waals surface area contributed by atoms with E-state index in [0.717, 1.165) is 0 Å². The maximum absolute atomic E-state index is 0. The smallest absolute Gasteiger partial charge is 1.00 e. The molecule has 0 N–H and O–H groups in total. The molecule has 0 spiro atoms. The summed E-state index contributed by atoms with van der Waals surface area (Å²) >= 11 is 0. The van der Waals surface area contributed by atoms with Gasteiger partial charge in [0, 0.05) is 0 Å². The Labute approximate surface area is 151 Å². The van der Waals surface area contributed by atoms with Crippen LogP contribution in [0.3, 0.4) is 0 Å². The molecule has 0 bridgehead atoms. The zero-order valence-electron chi connectivity index (χ0n) is 3.58. The van der Waals surface area contributed by atoms with E-state index in [2.05, 4.69) is 0 Å². The van der Waals surface area contributed by atoms with Gasteiger partial charge in [0.1, 0.15) is 0 Å². The molecule has 0 atom stereocenters. The van der Waals surface area contributed by atoms with Crippen molar-refractivity contribution >= 4 is 0 Å². The molecule has 0 radical (unpaired) electrons. The quantitative estimate of drug-likeness (QED) is 0.206. The molecule has 0 nitrogen and oxygen atoms in total. The van der Waals surface area contributed by atoms with Gasteiger partial charge in [-0.3, -0.25) is 0 Å². The first-order valence-corrected chi connectivity index (χ1v) is 0. The largest absolute Gasteiger partial charge is 1.00 e. The van der Waals surface area contributed by atoms with Crippen LogP contribution in [0.1, 0.15) is 0 Å². The molecule has 0 aliphatic heterocycles. The van der Waals surface area contributed by atoms with Gasteiger partial charge in [-0.05, 0) is 0 Å². The van der Waals surface area contributed by atoms with Crippen LogP contribution in [0.4, 0.5) is 0 Å². The molecular formula is H2I4Na2. The van der Waals surface area contributed by atoms with E-state index in [1.807, 2.05) is 0 Å². The summed E-state index contributed by atoms with van der Waals surface area (Å²) in [6.45, 7) is 0. The Morgan fingerprint density at radius 2 is 0.500 bits per heavy atom. The van der Waals surface area contributed by atoms with Gasteiger partial charge in [-0.25, -0.2) is 0 Å². The molecule has 32 valence electrons. The average molecular weight is 556 g/mol. The Morgan fingerprint density at radius 3 is 0.500 bits per heavy atom. The van der Waals surface area contributed by atoms with E-state index in [1.54, 1.807) is 0 Å². The fourth-order valence-corrected chi connectivity index (χ4v) is 0. The first-order valence-electron chi connectivity index (χ1n) is 0. The van der Waals surface area contributed by atoms with Gasteiger partial charge in [0.15, 0.2) is 0 Å². The van der Waals surface area contributed by atoms with Crippen molar-refractivity contribution in [3.05, 3.63) is 0 Å². The van der Waals surface area contributed by atoms with Gasteiger partial charge in [-0.15, -0.1) is 0 Å². The third kappa shape index (κ3) is 23.1. The minimum Gasteiger partial charge on any atom is -1.00 e. The van der Waals surface area contributed by atoms with Gasteiger partial charge in [0.25, 0.3) is 0 Å². The number of rotatable bonds is 0. The predicted molar refractivity (Wildman–Crippen MR) is 2.79 cm³/mol. The average Bonchev–Trinajstić information content (AvgIpc) is 0. The molecule has 0 saturated heterocycles. The Balaban J connectivity index is 0. The van der Waals surface area contributed by atoms with E-state index in [-0.39, 0.29) is 155 Å². The second-order valence-electron chi connectivity index (χ2n) is 0. The van der Waals surface area contributed by atoms with Crippen molar-refractivity contribution in [3.8, 4) is 0 Å². The molecule has 6 heavy (non-hydrogen) atoms. The molecule has 0 aromatic carbocycles.